The highest BCUT2D eigenvalue weighted by Gasteiger charge is 2.74. The zero-order chi connectivity index (χ0) is 110. The molecule has 0 aromatic rings. The Morgan fingerprint density at radius 3 is 1.43 bits per heavy atom. The second kappa shape index (κ2) is 47.1. The Morgan fingerprint density at radius 2 is 0.852 bits per heavy atom. The molecule has 0 bridgehead atoms. The van der Waals surface area contributed by atoms with E-state index >= 15 is 9.59 Å². The standard InChI is InChI=1S/C101H160O48/c1-17-96(12,148-89-74(124)65(115)58(108)42(5)133-89)28-20-22-41(4)83(128)142-77-43(6)135-90(75(125)69(77)119)149-97(13,18-2)27-19-21-40(3)82(127)140-57-33-101(93(129)147-92-81(68(118)62(112)50(35-103)138-92)146-88-76(126)79(144-87-73(123)66(116)61(111)49(34-102)136-87)78(44(7)134-88)143-86-71(121)63(113)51(36-104)137-86)46(31-94(57,8)9)45-23-24-54-98(14)29-26-56(95(10,11)53(98)25-30-99(54,15)100(45,16)32-55(101)107)141-85-72(122)67(117)64(114)52(139-85)39-132-91-80(60(110)48(106)38-131-91)145-84-70(120)59(109)47(105)37-130-84/h17-18,21-23,42-44,46-81,84-92,102-126H,1-2,19-20,24-39H2,3-16H3/b40-21+,41-22+/t42-,43-,44-,46+,47-,48-,49-,50-,51+,52-,53+,54-,55-,56+,57+,58-,59+,60+,61-,62-,63+,64-,65+,66+,67+,68+,69-,70-,71-,72-,73-,74-,75-,76-,77-,78-,79-,80-,81-,84+,85+,86+,87+,88+,89+,90+,91+,92+,96-,97-,98+,99-,100+,101+/m0/s1. The maximum atomic E-state index is 16.8. The SMILES string of the molecule is C=C[C@@](C)(CC/C=C(\C)C(=O)O[C@@H]1[C@@H](O)[C@H](O)[C@@H](O[C@@](C)(C=C)CC/C=C(\C)C(=O)O[C@@H]2C[C@@]3(C(=O)O[C@H]4O[C@@H](CO)[C@H](O)[C@@H](O)[C@@H]4O[C@H]4O[C@@H](C)[C@H](O[C@H]5O[C@H](CO)[C@@H](O)[C@@H]5O)[C@@H](O[C@H]5O[C@@H](CO)[C@H](O)[C@@H](O)[C@@H]5O)[C@@H]4O)[C@H](CC2(C)C)C2=CC[C@H]4[C@]5(C)CC[C@@H](O[C@H]6O[C@@H](CO[C@H]7OC[C@H](O)[C@@H](O)[C@@H]7O[C@H]7OC[C@H](O)[C@@H](O)[C@@H]7O)[C@H](O)[C@@H](O)[C@@H]6O)C(C)(C)[C@H]5CC[C@]4(C)[C@]2(C)C[C@@H]3O)O[C@H]1C)O[C@H]1O[C@@H](C)[C@H](O)[C@@H](O)[C@@H]1O. The van der Waals surface area contributed by atoms with Gasteiger partial charge in [0.05, 0.1) is 81.4 Å². The molecule has 25 N–H and O–H groups in total. The summed E-state index contributed by atoms with van der Waals surface area (Å²) in [7, 11) is 0. The molecule has 0 radical (unpaired) electrons. The number of fused-ring (bicyclic) bond motifs is 7. The Hall–Kier alpha value is -4.57. The summed E-state index contributed by atoms with van der Waals surface area (Å²) >= 11 is 0. The number of hydrogen-bond donors (Lipinski definition) is 25. The molecule has 0 amide bonds. The molecule has 48 nitrogen and oxygen atoms in total. The molecule has 4 saturated carbocycles. The molecular weight excluding hydrogens is 1980 g/mol. The number of hydrogen-bond acceptors (Lipinski definition) is 48. The predicted molar refractivity (Wildman–Crippen MR) is 502 cm³/mol. The first-order valence-corrected chi connectivity index (χ1v) is 51.6. The topological polar surface area (TPSA) is 742 Å². The normalized spacial score (nSPS) is 49.4. The Morgan fingerprint density at radius 1 is 0.416 bits per heavy atom. The largest absolute Gasteiger partial charge is 0.458 e. The van der Waals surface area contributed by atoms with Gasteiger partial charge in [-0.1, -0.05) is 84.4 Å². The summed E-state index contributed by atoms with van der Waals surface area (Å²) in [6, 6.07) is 0. The molecule has 5 aliphatic carbocycles. The third kappa shape index (κ3) is 23.2. The minimum atomic E-state index is -2.28. The zero-order valence-corrected chi connectivity index (χ0v) is 86.3. The van der Waals surface area contributed by atoms with Crippen molar-refractivity contribution in [2.75, 3.05) is 39.6 Å². The van der Waals surface area contributed by atoms with Crippen LogP contribution in [-0.2, 0) is 109 Å². The van der Waals surface area contributed by atoms with Gasteiger partial charge in [0, 0.05) is 23.0 Å². The number of ether oxygens (including phenoxy) is 20. The molecule has 852 valence electrons. The second-order valence-electron chi connectivity index (χ2n) is 45.7. The van der Waals surface area contributed by atoms with Gasteiger partial charge in [0.15, 0.2) is 62.5 Å². The molecule has 48 heteroatoms. The van der Waals surface area contributed by atoms with E-state index in [1.165, 1.54) is 46.8 Å². The van der Waals surface area contributed by atoms with Crippen LogP contribution in [0.2, 0.25) is 0 Å². The lowest BCUT2D eigenvalue weighted by molar-refractivity contribution is -0.390. The van der Waals surface area contributed by atoms with Gasteiger partial charge in [-0.25, -0.2) is 9.59 Å². The van der Waals surface area contributed by atoms with E-state index in [1.807, 2.05) is 27.7 Å². The maximum absolute atomic E-state index is 16.8. The highest BCUT2D eigenvalue weighted by atomic mass is 16.8. The van der Waals surface area contributed by atoms with E-state index in [-0.39, 0.29) is 61.5 Å². The van der Waals surface area contributed by atoms with Crippen molar-refractivity contribution in [2.45, 2.75) is 462 Å². The highest BCUT2D eigenvalue weighted by molar-refractivity contribution is 5.88. The van der Waals surface area contributed by atoms with Crippen LogP contribution in [0.3, 0.4) is 0 Å². The number of carbonyl (C=O) groups is 3. The van der Waals surface area contributed by atoms with E-state index in [0.717, 1.165) is 5.57 Å². The van der Waals surface area contributed by atoms with Gasteiger partial charge in [-0.3, -0.25) is 4.79 Å². The molecule has 0 spiro atoms. The van der Waals surface area contributed by atoms with Crippen LogP contribution in [0.15, 0.2) is 60.3 Å². The maximum Gasteiger partial charge on any atom is 0.333 e. The van der Waals surface area contributed by atoms with E-state index < -0.39 is 390 Å². The molecule has 9 aliphatic heterocycles. The van der Waals surface area contributed by atoms with Gasteiger partial charge < -0.3 is 222 Å². The van der Waals surface area contributed by atoms with E-state index in [0.29, 0.717) is 32.1 Å². The Bertz CT molecular complexity index is 4610. The molecule has 0 aromatic carbocycles. The van der Waals surface area contributed by atoms with Gasteiger partial charge in [0.2, 0.25) is 6.29 Å². The molecule has 54 atom stereocenters. The Balaban J connectivity index is 0.709. The van der Waals surface area contributed by atoms with Crippen LogP contribution in [0.5, 0.6) is 0 Å². The molecule has 13 fully saturated rings. The molecule has 9 saturated heterocycles. The zero-order valence-electron chi connectivity index (χ0n) is 86.3. The van der Waals surface area contributed by atoms with E-state index in [9.17, 15) is 132 Å². The fourth-order valence-corrected chi connectivity index (χ4v) is 25.4. The average Bonchev–Trinajstić information content (AvgIpc) is 0.884. The minimum absolute atomic E-state index is 0.0127. The van der Waals surface area contributed by atoms with Gasteiger partial charge in [0.25, 0.3) is 0 Å². The van der Waals surface area contributed by atoms with Gasteiger partial charge in [-0.15, -0.1) is 13.2 Å². The van der Waals surface area contributed by atoms with Crippen molar-refractivity contribution in [3.63, 3.8) is 0 Å². The van der Waals surface area contributed by atoms with Crippen molar-refractivity contribution < 1.29 is 237 Å². The first kappa shape index (κ1) is 120. The van der Waals surface area contributed by atoms with Crippen molar-refractivity contribution in [3.8, 4) is 0 Å². The highest BCUT2D eigenvalue weighted by Crippen LogP contribution is 2.77. The average molecular weight is 2140 g/mol. The van der Waals surface area contributed by atoms with Crippen LogP contribution in [0.25, 0.3) is 0 Å². The molecule has 14 rings (SSSR count). The summed E-state index contributed by atoms with van der Waals surface area (Å²) in [6.45, 7) is 28.3. The Kier molecular flexibility index (Phi) is 37.9. The van der Waals surface area contributed by atoms with Crippen LogP contribution in [0.4, 0.5) is 0 Å². The second-order valence-corrected chi connectivity index (χ2v) is 45.7. The van der Waals surface area contributed by atoms with Gasteiger partial charge in [0.1, 0.15) is 182 Å². The number of carbonyl (C=O) groups excluding carboxylic acids is 3. The van der Waals surface area contributed by atoms with Gasteiger partial charge in [-0.2, -0.15) is 0 Å². The number of rotatable bonds is 34. The molecule has 9 heterocycles. The molecule has 149 heavy (non-hydrogen) atoms. The monoisotopic (exact) mass is 2140 g/mol. The number of aliphatic hydroxyl groups excluding tert-OH is 25. The number of allylic oxidation sites excluding steroid dienone is 4. The van der Waals surface area contributed by atoms with Crippen molar-refractivity contribution in [1.29, 1.82) is 0 Å². The summed E-state index contributed by atoms with van der Waals surface area (Å²) in [4.78, 5) is 45.6. The third-order valence-electron chi connectivity index (χ3n) is 35.3. The first-order chi connectivity index (χ1) is 69.8. The number of esters is 3. The van der Waals surface area contributed by atoms with Crippen molar-refractivity contribution in [3.05, 3.63) is 60.3 Å². The molecule has 14 aliphatic rings. The van der Waals surface area contributed by atoms with Crippen molar-refractivity contribution in [2.24, 2.45) is 50.2 Å². The fourth-order valence-electron chi connectivity index (χ4n) is 25.4. The van der Waals surface area contributed by atoms with Crippen LogP contribution in [0, 0.1) is 50.2 Å². The number of aliphatic hydroxyl groups is 25. The summed E-state index contributed by atoms with van der Waals surface area (Å²) in [6.07, 6.45) is -66.0. The molecule has 0 aromatic heterocycles. The summed E-state index contributed by atoms with van der Waals surface area (Å²) < 4.78 is 122. The van der Waals surface area contributed by atoms with Crippen molar-refractivity contribution >= 4 is 17.9 Å². The van der Waals surface area contributed by atoms with Gasteiger partial charge in [-0.05, 0) is 159 Å². The van der Waals surface area contributed by atoms with Crippen LogP contribution in [-0.4, -0.2) is 473 Å². The third-order valence-corrected chi connectivity index (χ3v) is 35.3. The smallest absolute Gasteiger partial charge is 0.333 e. The first-order valence-electron chi connectivity index (χ1n) is 51.6. The summed E-state index contributed by atoms with van der Waals surface area (Å²) in [5, 5.41) is 279. The van der Waals surface area contributed by atoms with E-state index in [2.05, 4.69) is 40.0 Å². The lowest BCUT2D eigenvalue weighted by Gasteiger charge is -2.72. The quantitative estimate of drug-likeness (QED) is 0.00939. The predicted octanol–water partition coefficient (Wildman–Crippen LogP) is -5.54. The van der Waals surface area contributed by atoms with Crippen LogP contribution < -0.4 is 0 Å². The van der Waals surface area contributed by atoms with Crippen molar-refractivity contribution in [1.82, 2.24) is 0 Å². The summed E-state index contributed by atoms with van der Waals surface area (Å²) in [5.41, 5.74) is -7.98. The van der Waals surface area contributed by atoms with Crippen LogP contribution >= 0.6 is 0 Å². The van der Waals surface area contributed by atoms with Crippen LogP contribution in [0.1, 0.15) is 174 Å². The fraction of sp³-hybridized carbons (Fsp3) is 0.871. The summed E-state index contributed by atoms with van der Waals surface area (Å²) in [5.74, 6) is -4.33. The minimum Gasteiger partial charge on any atom is -0.458 e. The van der Waals surface area contributed by atoms with Gasteiger partial charge >= 0.3 is 17.9 Å². The lowest BCUT2D eigenvalue weighted by atomic mass is 9.33. The van der Waals surface area contributed by atoms with E-state index in [1.54, 1.807) is 26.0 Å². The van der Waals surface area contributed by atoms with E-state index in [4.69, 9.17) is 94.7 Å². The Labute approximate surface area is 862 Å². The molecular formula is C101H160O48. The lowest BCUT2D eigenvalue weighted by Crippen LogP contribution is -2.70. The molecule has 0 unspecified atom stereocenters.